The van der Waals surface area contributed by atoms with Crippen LogP contribution in [0.4, 0.5) is 13.2 Å². The summed E-state index contributed by atoms with van der Waals surface area (Å²) in [6.07, 6.45) is -3.62. The van der Waals surface area contributed by atoms with E-state index in [1.54, 1.807) is 14.0 Å². The lowest BCUT2D eigenvalue weighted by molar-refractivity contribution is -0.274. The second kappa shape index (κ2) is 5.12. The number of carbonyl (C=O) groups is 1. The van der Waals surface area contributed by atoms with Gasteiger partial charge in [0, 0.05) is 18.9 Å². The Balaban J connectivity index is 2.65. The summed E-state index contributed by atoms with van der Waals surface area (Å²) >= 11 is 0. The summed E-state index contributed by atoms with van der Waals surface area (Å²) in [6, 6.07) is 3.73. The van der Waals surface area contributed by atoms with Crippen molar-refractivity contribution >= 4 is 5.97 Å². The van der Waals surface area contributed by atoms with Gasteiger partial charge in [0.2, 0.25) is 0 Å². The van der Waals surface area contributed by atoms with E-state index in [-0.39, 0.29) is 17.0 Å². The largest absolute Gasteiger partial charge is 0.573 e. The molecule has 2 aromatic heterocycles. The third-order valence-corrected chi connectivity index (χ3v) is 2.92. The van der Waals surface area contributed by atoms with Crippen LogP contribution >= 0.6 is 0 Å². The second-order valence-corrected chi connectivity index (χ2v) is 4.31. The standard InChI is InChI=1S/C13H11F3N2O3/c1-7-6-8(12(19)20)11(18(7)2)10-9(4-3-5-17-10)21-13(14,15)16/h3-6H,1-2H3,(H,19,20). The number of pyridine rings is 1. The zero-order chi connectivity index (χ0) is 15.8. The van der Waals surface area contributed by atoms with E-state index in [1.165, 1.54) is 22.9 Å². The predicted molar refractivity (Wildman–Crippen MR) is 67.0 cm³/mol. The first-order chi connectivity index (χ1) is 9.70. The molecule has 5 nitrogen and oxygen atoms in total. The van der Waals surface area contributed by atoms with Crippen LogP contribution in [-0.4, -0.2) is 27.0 Å². The SMILES string of the molecule is Cc1cc(C(=O)O)c(-c2ncccc2OC(F)(F)F)n1C. The van der Waals surface area contributed by atoms with Gasteiger partial charge < -0.3 is 14.4 Å². The zero-order valence-electron chi connectivity index (χ0n) is 11.1. The Morgan fingerprint density at radius 3 is 2.67 bits per heavy atom. The average molecular weight is 300 g/mol. The summed E-state index contributed by atoms with van der Waals surface area (Å²) in [5.41, 5.74) is 0.314. The molecule has 0 radical (unpaired) electrons. The molecule has 0 aromatic carbocycles. The number of hydrogen-bond donors (Lipinski definition) is 1. The summed E-state index contributed by atoms with van der Waals surface area (Å²) in [7, 11) is 1.54. The number of alkyl halides is 3. The Kier molecular flexibility index (Phi) is 3.63. The molecule has 2 heterocycles. The molecule has 0 bridgehead atoms. The van der Waals surface area contributed by atoms with E-state index in [0.717, 1.165) is 6.07 Å². The monoisotopic (exact) mass is 300 g/mol. The minimum atomic E-state index is -4.89. The molecule has 0 aliphatic carbocycles. The second-order valence-electron chi connectivity index (χ2n) is 4.31. The fourth-order valence-electron chi connectivity index (χ4n) is 1.96. The normalized spacial score (nSPS) is 11.5. The predicted octanol–water partition coefficient (Wildman–Crippen LogP) is 2.99. The Morgan fingerprint density at radius 1 is 1.43 bits per heavy atom. The van der Waals surface area contributed by atoms with Crippen LogP contribution in [0.25, 0.3) is 11.4 Å². The number of nitrogens with zero attached hydrogens (tertiary/aromatic N) is 2. The molecular weight excluding hydrogens is 289 g/mol. The zero-order valence-corrected chi connectivity index (χ0v) is 11.1. The van der Waals surface area contributed by atoms with Gasteiger partial charge in [-0.3, -0.25) is 4.98 Å². The van der Waals surface area contributed by atoms with E-state index in [1.807, 2.05) is 0 Å². The molecule has 1 N–H and O–H groups in total. The molecule has 0 saturated carbocycles. The molecule has 0 saturated heterocycles. The van der Waals surface area contributed by atoms with Crippen LogP contribution in [0.15, 0.2) is 24.4 Å². The topological polar surface area (TPSA) is 64.3 Å². The lowest BCUT2D eigenvalue weighted by Crippen LogP contribution is -2.18. The van der Waals surface area contributed by atoms with E-state index in [9.17, 15) is 23.1 Å². The van der Waals surface area contributed by atoms with Crippen LogP contribution in [0, 0.1) is 6.92 Å². The molecule has 2 rings (SSSR count). The maximum absolute atomic E-state index is 12.4. The van der Waals surface area contributed by atoms with E-state index in [0.29, 0.717) is 5.69 Å². The number of hydrogen-bond acceptors (Lipinski definition) is 3. The van der Waals surface area contributed by atoms with Crippen molar-refractivity contribution in [1.29, 1.82) is 0 Å². The number of aryl methyl sites for hydroxylation is 1. The van der Waals surface area contributed by atoms with Gasteiger partial charge in [0.1, 0.15) is 5.69 Å². The lowest BCUT2D eigenvalue weighted by Gasteiger charge is -2.13. The molecule has 0 amide bonds. The van der Waals surface area contributed by atoms with Gasteiger partial charge in [-0.2, -0.15) is 0 Å². The first-order valence-corrected chi connectivity index (χ1v) is 5.81. The third-order valence-electron chi connectivity index (χ3n) is 2.92. The van der Waals surface area contributed by atoms with Crippen LogP contribution < -0.4 is 4.74 Å². The maximum Gasteiger partial charge on any atom is 0.573 e. The number of carboxylic acid groups (broad SMARTS) is 1. The number of aromatic carboxylic acids is 1. The van der Waals surface area contributed by atoms with Gasteiger partial charge in [0.25, 0.3) is 0 Å². The average Bonchev–Trinajstić information content (AvgIpc) is 2.65. The van der Waals surface area contributed by atoms with Gasteiger partial charge in [-0.05, 0) is 25.1 Å². The van der Waals surface area contributed by atoms with Crippen molar-refractivity contribution < 1.29 is 27.8 Å². The van der Waals surface area contributed by atoms with Crippen LogP contribution in [0.5, 0.6) is 5.75 Å². The highest BCUT2D eigenvalue weighted by Gasteiger charge is 2.33. The Hall–Kier alpha value is -2.51. The van der Waals surface area contributed by atoms with Crippen LogP contribution in [0.3, 0.4) is 0 Å². The lowest BCUT2D eigenvalue weighted by atomic mass is 10.1. The summed E-state index contributed by atoms with van der Waals surface area (Å²) in [5, 5.41) is 9.18. The van der Waals surface area contributed by atoms with E-state index >= 15 is 0 Å². The first-order valence-electron chi connectivity index (χ1n) is 5.81. The summed E-state index contributed by atoms with van der Waals surface area (Å²) in [6.45, 7) is 1.64. The summed E-state index contributed by atoms with van der Waals surface area (Å²) in [4.78, 5) is 15.1. The Labute approximate surface area is 117 Å². The summed E-state index contributed by atoms with van der Waals surface area (Å²) in [5.74, 6) is -1.80. The molecular formula is C13H11F3N2O3. The van der Waals surface area contributed by atoms with Gasteiger partial charge in [-0.1, -0.05) is 0 Å². The number of ether oxygens (including phenoxy) is 1. The fraction of sp³-hybridized carbons (Fsp3) is 0.231. The molecule has 0 atom stereocenters. The van der Waals surface area contributed by atoms with Gasteiger partial charge in [0.15, 0.2) is 5.75 Å². The van der Waals surface area contributed by atoms with E-state index in [4.69, 9.17) is 0 Å². The van der Waals surface area contributed by atoms with Gasteiger partial charge in [-0.15, -0.1) is 13.2 Å². The number of rotatable bonds is 3. The van der Waals surface area contributed by atoms with Crippen molar-refractivity contribution in [1.82, 2.24) is 9.55 Å². The summed E-state index contributed by atoms with van der Waals surface area (Å²) < 4.78 is 42.7. The third kappa shape index (κ3) is 2.99. The van der Waals surface area contributed by atoms with Gasteiger partial charge >= 0.3 is 12.3 Å². The van der Waals surface area contributed by atoms with Gasteiger partial charge in [0.05, 0.1) is 11.3 Å². The smallest absolute Gasteiger partial charge is 0.478 e. The Morgan fingerprint density at radius 2 is 2.10 bits per heavy atom. The minimum absolute atomic E-state index is 0.0554. The van der Waals surface area contributed by atoms with E-state index < -0.39 is 18.1 Å². The van der Waals surface area contributed by atoms with Crippen molar-refractivity contribution in [3.8, 4) is 17.1 Å². The van der Waals surface area contributed by atoms with Gasteiger partial charge in [-0.25, -0.2) is 4.79 Å². The van der Waals surface area contributed by atoms with Crippen molar-refractivity contribution in [3.05, 3.63) is 35.7 Å². The maximum atomic E-state index is 12.4. The number of aromatic nitrogens is 2. The van der Waals surface area contributed by atoms with Crippen molar-refractivity contribution in [3.63, 3.8) is 0 Å². The molecule has 0 spiro atoms. The molecule has 0 fully saturated rings. The fourth-order valence-corrected chi connectivity index (χ4v) is 1.96. The molecule has 21 heavy (non-hydrogen) atoms. The quantitative estimate of drug-likeness (QED) is 0.946. The molecule has 8 heteroatoms. The number of carboxylic acids is 1. The molecule has 0 aliphatic heterocycles. The highest BCUT2D eigenvalue weighted by atomic mass is 19.4. The number of halogens is 3. The highest BCUT2D eigenvalue weighted by molar-refractivity contribution is 5.95. The molecule has 0 unspecified atom stereocenters. The Bertz CT molecular complexity index is 692. The van der Waals surface area contributed by atoms with Crippen LogP contribution in [-0.2, 0) is 7.05 Å². The molecule has 2 aromatic rings. The molecule has 112 valence electrons. The highest BCUT2D eigenvalue weighted by Crippen LogP contribution is 2.34. The minimum Gasteiger partial charge on any atom is -0.478 e. The van der Waals surface area contributed by atoms with E-state index in [2.05, 4.69) is 9.72 Å². The van der Waals surface area contributed by atoms with Crippen molar-refractivity contribution in [2.24, 2.45) is 7.05 Å². The molecule has 0 aliphatic rings. The van der Waals surface area contributed by atoms with Crippen molar-refractivity contribution in [2.75, 3.05) is 0 Å². The van der Waals surface area contributed by atoms with Crippen molar-refractivity contribution in [2.45, 2.75) is 13.3 Å². The first kappa shape index (κ1) is 14.9. The van der Waals surface area contributed by atoms with Crippen LogP contribution in [0.2, 0.25) is 0 Å². The van der Waals surface area contributed by atoms with Crippen LogP contribution in [0.1, 0.15) is 16.1 Å².